The van der Waals surface area contributed by atoms with Gasteiger partial charge in [0.05, 0.1) is 19.3 Å². The lowest BCUT2D eigenvalue weighted by molar-refractivity contribution is 0.0676. The van der Waals surface area contributed by atoms with Crippen LogP contribution in [0.5, 0.6) is 5.75 Å². The number of guanidine groups is 1. The monoisotopic (exact) mass is 503 g/mol. The molecule has 1 unspecified atom stereocenters. The van der Waals surface area contributed by atoms with Crippen LogP contribution in [0.2, 0.25) is 0 Å². The van der Waals surface area contributed by atoms with E-state index in [4.69, 9.17) is 14.5 Å². The van der Waals surface area contributed by atoms with Gasteiger partial charge in [-0.3, -0.25) is 0 Å². The Hall–Kier alpha value is -1.06. The molecule has 0 spiro atoms. The van der Waals surface area contributed by atoms with Crippen molar-refractivity contribution in [3.8, 4) is 5.75 Å². The van der Waals surface area contributed by atoms with Crippen molar-refractivity contribution in [3.05, 3.63) is 29.3 Å². The molecule has 1 saturated heterocycles. The number of nitrogens with zero attached hydrogens (tertiary/aromatic N) is 1. The number of hydrogen-bond donors (Lipinski definition) is 3. The summed E-state index contributed by atoms with van der Waals surface area (Å²) in [7, 11) is 0. The first kappa shape index (κ1) is 23.2. The van der Waals surface area contributed by atoms with Gasteiger partial charge >= 0.3 is 0 Å². The predicted octanol–water partition coefficient (Wildman–Crippen LogP) is 3.00. The largest absolute Gasteiger partial charge is 0.491 e. The molecule has 6 nitrogen and oxygen atoms in total. The first-order valence-electron chi connectivity index (χ1n) is 10.1. The molecule has 2 aliphatic rings. The van der Waals surface area contributed by atoms with Crippen molar-refractivity contribution in [3.63, 3.8) is 0 Å². The molecule has 7 heteroatoms. The van der Waals surface area contributed by atoms with Gasteiger partial charge in [0.25, 0.3) is 0 Å². The van der Waals surface area contributed by atoms with Crippen molar-refractivity contribution < 1.29 is 14.6 Å². The molecule has 1 saturated carbocycles. The van der Waals surface area contributed by atoms with Crippen molar-refractivity contribution in [1.29, 1.82) is 0 Å². The number of halogens is 1. The fourth-order valence-electron chi connectivity index (χ4n) is 3.23. The summed E-state index contributed by atoms with van der Waals surface area (Å²) in [5.74, 6) is 1.67. The Kier molecular flexibility index (Phi) is 9.30. The van der Waals surface area contributed by atoms with Gasteiger partial charge in [-0.05, 0) is 51.2 Å². The zero-order chi connectivity index (χ0) is 19.1. The number of aliphatic hydroxyl groups is 1. The van der Waals surface area contributed by atoms with Gasteiger partial charge < -0.3 is 25.2 Å². The van der Waals surface area contributed by atoms with Gasteiger partial charge in [0, 0.05) is 30.7 Å². The molecule has 3 N–H and O–H groups in total. The number of hydrogen-bond acceptors (Lipinski definition) is 4. The van der Waals surface area contributed by atoms with E-state index in [2.05, 4.69) is 42.7 Å². The van der Waals surface area contributed by atoms with Gasteiger partial charge in [-0.15, -0.1) is 24.0 Å². The summed E-state index contributed by atoms with van der Waals surface area (Å²) in [6, 6.07) is 6.25. The molecule has 1 aliphatic carbocycles. The van der Waals surface area contributed by atoms with E-state index in [1.807, 2.05) is 0 Å². The minimum Gasteiger partial charge on any atom is -0.491 e. The summed E-state index contributed by atoms with van der Waals surface area (Å²) in [6.07, 6.45) is 4.55. The van der Waals surface area contributed by atoms with E-state index in [1.54, 1.807) is 0 Å². The summed E-state index contributed by atoms with van der Waals surface area (Å²) < 4.78 is 11.7. The lowest BCUT2D eigenvalue weighted by atomic mass is 10.1. The third-order valence-electron chi connectivity index (χ3n) is 5.35. The second kappa shape index (κ2) is 11.2. The molecule has 0 amide bonds. The van der Waals surface area contributed by atoms with Crippen LogP contribution in [0.15, 0.2) is 23.2 Å². The second-order valence-electron chi connectivity index (χ2n) is 7.76. The van der Waals surface area contributed by atoms with Gasteiger partial charge in [0.1, 0.15) is 12.4 Å². The van der Waals surface area contributed by atoms with Gasteiger partial charge in [0.2, 0.25) is 0 Å². The molecule has 2 fully saturated rings. The number of rotatable bonds is 9. The summed E-state index contributed by atoms with van der Waals surface area (Å²) in [4.78, 5) is 4.72. The van der Waals surface area contributed by atoms with E-state index in [0.29, 0.717) is 13.2 Å². The topological polar surface area (TPSA) is 75.1 Å². The maximum absolute atomic E-state index is 9.49. The summed E-state index contributed by atoms with van der Waals surface area (Å²) in [5.41, 5.74) is 2.29. The molecule has 0 bridgehead atoms. The Labute approximate surface area is 185 Å². The van der Waals surface area contributed by atoms with Crippen LogP contribution in [0.3, 0.4) is 0 Å². The average Bonchev–Trinajstić information content (AvgIpc) is 3.27. The Morgan fingerprint density at radius 1 is 1.36 bits per heavy atom. The van der Waals surface area contributed by atoms with E-state index in [-0.39, 0.29) is 42.1 Å². The van der Waals surface area contributed by atoms with Crippen LogP contribution in [0.4, 0.5) is 0 Å². The number of benzene rings is 1. The van der Waals surface area contributed by atoms with Crippen molar-refractivity contribution in [1.82, 2.24) is 10.6 Å². The first-order valence-corrected chi connectivity index (χ1v) is 10.1. The quantitative estimate of drug-likeness (QED) is 0.275. The zero-order valence-corrected chi connectivity index (χ0v) is 19.3. The third kappa shape index (κ3) is 6.77. The normalized spacial score (nSPS) is 20.4. The van der Waals surface area contributed by atoms with Crippen LogP contribution >= 0.6 is 24.0 Å². The number of aliphatic hydroxyl groups excluding tert-OH is 1. The van der Waals surface area contributed by atoms with Gasteiger partial charge in [-0.2, -0.15) is 0 Å². The lowest BCUT2D eigenvalue weighted by Crippen LogP contribution is -2.41. The van der Waals surface area contributed by atoms with Gasteiger partial charge in [-0.1, -0.05) is 12.1 Å². The van der Waals surface area contributed by atoms with E-state index in [1.165, 1.54) is 5.56 Å². The summed E-state index contributed by atoms with van der Waals surface area (Å²) >= 11 is 0. The lowest BCUT2D eigenvalue weighted by Gasteiger charge is -2.17. The minimum atomic E-state index is 0. The molecule has 0 aromatic heterocycles. The van der Waals surface area contributed by atoms with Crippen molar-refractivity contribution >= 4 is 29.9 Å². The summed E-state index contributed by atoms with van der Waals surface area (Å²) in [6.45, 7) is 7.89. The van der Waals surface area contributed by atoms with Crippen molar-refractivity contribution in [2.45, 2.75) is 52.2 Å². The second-order valence-corrected chi connectivity index (χ2v) is 7.76. The molecule has 3 rings (SSSR count). The molecule has 1 aromatic carbocycles. The fourth-order valence-corrected chi connectivity index (χ4v) is 3.23. The highest BCUT2D eigenvalue weighted by molar-refractivity contribution is 14.0. The summed E-state index contributed by atoms with van der Waals surface area (Å²) in [5, 5.41) is 16.1. The molecule has 1 heterocycles. The Morgan fingerprint density at radius 2 is 2.18 bits per heavy atom. The molecule has 1 aromatic rings. The number of ether oxygens (including phenoxy) is 2. The molecular weight excluding hydrogens is 469 g/mol. The molecule has 0 radical (unpaired) electrons. The predicted molar refractivity (Wildman–Crippen MR) is 123 cm³/mol. The molecule has 158 valence electrons. The average molecular weight is 503 g/mol. The Morgan fingerprint density at radius 3 is 2.82 bits per heavy atom. The van der Waals surface area contributed by atoms with Crippen LogP contribution in [0.25, 0.3) is 0 Å². The maximum Gasteiger partial charge on any atom is 0.191 e. The molecular formula is C21H34IN3O3. The smallest absolute Gasteiger partial charge is 0.191 e. The highest BCUT2D eigenvalue weighted by Crippen LogP contribution is 2.44. The Balaban J connectivity index is 0.00000280. The van der Waals surface area contributed by atoms with E-state index < -0.39 is 0 Å². The highest BCUT2D eigenvalue weighted by Gasteiger charge is 2.41. The standard InChI is InChI=1S/C21H33N3O3.HI/c1-3-22-20(24-14-21(15-25)8-9-21)23-12-17-7-6-16(2)11-19(17)27-13-18-5-4-10-26-18;/h6-7,11,18,25H,3-5,8-10,12-15H2,1-2H3,(H2,22,23,24);1H. The van der Waals surface area contributed by atoms with E-state index >= 15 is 0 Å². The van der Waals surface area contributed by atoms with Crippen LogP contribution in [-0.2, 0) is 11.3 Å². The third-order valence-corrected chi connectivity index (χ3v) is 5.35. The van der Waals surface area contributed by atoms with Crippen molar-refractivity contribution in [2.24, 2.45) is 10.4 Å². The van der Waals surface area contributed by atoms with Gasteiger partial charge in [0.15, 0.2) is 5.96 Å². The number of nitrogens with one attached hydrogen (secondary N) is 2. The maximum atomic E-state index is 9.49. The van der Waals surface area contributed by atoms with Crippen molar-refractivity contribution in [2.75, 3.05) is 32.9 Å². The fraction of sp³-hybridized carbons (Fsp3) is 0.667. The highest BCUT2D eigenvalue weighted by atomic mass is 127. The Bertz CT molecular complexity index is 644. The molecule has 28 heavy (non-hydrogen) atoms. The van der Waals surface area contributed by atoms with E-state index in [9.17, 15) is 5.11 Å². The SMILES string of the molecule is CCNC(=NCc1ccc(C)cc1OCC1CCCO1)NCC1(CO)CC1.I. The van der Waals surface area contributed by atoms with Crippen LogP contribution in [-0.4, -0.2) is 50.1 Å². The molecule has 1 atom stereocenters. The number of aliphatic imine (C=N–C) groups is 1. The van der Waals surface area contributed by atoms with E-state index in [0.717, 1.165) is 62.7 Å². The zero-order valence-electron chi connectivity index (χ0n) is 17.0. The first-order chi connectivity index (χ1) is 13.1. The molecule has 1 aliphatic heterocycles. The minimum absolute atomic E-state index is 0. The van der Waals surface area contributed by atoms with Crippen LogP contribution < -0.4 is 15.4 Å². The number of aryl methyl sites for hydroxylation is 1. The van der Waals surface area contributed by atoms with Crippen LogP contribution in [0, 0.1) is 12.3 Å². The van der Waals surface area contributed by atoms with Gasteiger partial charge in [-0.25, -0.2) is 4.99 Å². The van der Waals surface area contributed by atoms with Crippen LogP contribution in [0.1, 0.15) is 43.7 Å².